The van der Waals surface area contributed by atoms with Crippen molar-refractivity contribution < 1.29 is 0 Å². The zero-order valence-corrected chi connectivity index (χ0v) is 12.9. The summed E-state index contributed by atoms with van der Waals surface area (Å²) in [5, 5.41) is 3.35. The van der Waals surface area contributed by atoms with Crippen LogP contribution < -0.4 is 5.32 Å². The van der Waals surface area contributed by atoms with Crippen LogP contribution >= 0.6 is 47.8 Å². The molecule has 0 saturated carbocycles. The minimum atomic E-state index is 1.02. The fourth-order valence-corrected chi connectivity index (χ4v) is 2.45. The Bertz CT molecular complexity index is 511. The molecule has 0 spiro atoms. The molecular formula is C12H8Br3N. The van der Waals surface area contributed by atoms with Gasteiger partial charge < -0.3 is 5.32 Å². The van der Waals surface area contributed by atoms with Crippen LogP contribution in [0.2, 0.25) is 0 Å². The van der Waals surface area contributed by atoms with Gasteiger partial charge in [-0.1, -0.05) is 28.1 Å². The van der Waals surface area contributed by atoms with Crippen LogP contribution in [0, 0.1) is 0 Å². The molecule has 0 aliphatic heterocycles. The van der Waals surface area contributed by atoms with Crippen molar-refractivity contribution in [2.45, 2.75) is 0 Å². The average Bonchev–Trinajstić information content (AvgIpc) is 2.25. The van der Waals surface area contributed by atoms with E-state index in [2.05, 4.69) is 53.1 Å². The Morgan fingerprint density at radius 3 is 2.38 bits per heavy atom. The smallest absolute Gasteiger partial charge is 0.0552 e. The zero-order valence-electron chi connectivity index (χ0n) is 8.18. The second kappa shape index (κ2) is 5.34. The van der Waals surface area contributed by atoms with Crippen molar-refractivity contribution in [3.8, 4) is 0 Å². The monoisotopic (exact) mass is 403 g/mol. The molecule has 0 bridgehead atoms. The van der Waals surface area contributed by atoms with E-state index in [4.69, 9.17) is 0 Å². The molecule has 2 rings (SSSR count). The summed E-state index contributed by atoms with van der Waals surface area (Å²) in [6.07, 6.45) is 0. The van der Waals surface area contributed by atoms with E-state index >= 15 is 0 Å². The Kier molecular flexibility index (Phi) is 4.05. The summed E-state index contributed by atoms with van der Waals surface area (Å²) in [4.78, 5) is 0. The molecule has 1 nitrogen and oxygen atoms in total. The summed E-state index contributed by atoms with van der Waals surface area (Å²) < 4.78 is 3.12. The van der Waals surface area contributed by atoms with Gasteiger partial charge in [-0.3, -0.25) is 0 Å². The van der Waals surface area contributed by atoms with Gasteiger partial charge in [0.05, 0.1) is 10.2 Å². The Hall–Kier alpha value is -0.320. The molecule has 4 heteroatoms. The van der Waals surface area contributed by atoms with Gasteiger partial charge in [0.1, 0.15) is 0 Å². The van der Waals surface area contributed by atoms with Gasteiger partial charge in [0.25, 0.3) is 0 Å². The van der Waals surface area contributed by atoms with Gasteiger partial charge in [-0.2, -0.15) is 0 Å². The SMILES string of the molecule is Brc1cccc(Nc2cccc(Br)c2Br)c1. The third kappa shape index (κ3) is 2.87. The zero-order chi connectivity index (χ0) is 11.5. The molecule has 0 aliphatic carbocycles. The minimum Gasteiger partial charge on any atom is -0.355 e. The summed E-state index contributed by atoms with van der Waals surface area (Å²) in [7, 11) is 0. The Labute approximate surface area is 120 Å². The molecule has 0 aliphatic rings. The Morgan fingerprint density at radius 1 is 0.875 bits per heavy atom. The summed E-state index contributed by atoms with van der Waals surface area (Å²) in [6, 6.07) is 14.1. The number of anilines is 2. The molecule has 0 aromatic heterocycles. The number of rotatable bonds is 2. The molecule has 1 N–H and O–H groups in total. The van der Waals surface area contributed by atoms with Crippen LogP contribution in [0.15, 0.2) is 55.9 Å². The van der Waals surface area contributed by atoms with Crippen LogP contribution in [-0.4, -0.2) is 0 Å². The van der Waals surface area contributed by atoms with Gasteiger partial charge in [0, 0.05) is 14.6 Å². The topological polar surface area (TPSA) is 12.0 Å². The van der Waals surface area contributed by atoms with Crippen molar-refractivity contribution in [1.82, 2.24) is 0 Å². The quantitative estimate of drug-likeness (QED) is 0.674. The first kappa shape index (κ1) is 12.1. The largest absolute Gasteiger partial charge is 0.355 e. The van der Waals surface area contributed by atoms with Crippen LogP contribution in [0.1, 0.15) is 0 Å². The third-order valence-corrected chi connectivity index (χ3v) is 4.60. The van der Waals surface area contributed by atoms with Gasteiger partial charge in [0.15, 0.2) is 0 Å². The average molecular weight is 406 g/mol. The number of hydrogen-bond acceptors (Lipinski definition) is 1. The van der Waals surface area contributed by atoms with E-state index in [1.54, 1.807) is 0 Å². The van der Waals surface area contributed by atoms with E-state index in [0.717, 1.165) is 24.8 Å². The predicted molar refractivity (Wildman–Crippen MR) is 79.3 cm³/mol. The molecule has 16 heavy (non-hydrogen) atoms. The first-order chi connectivity index (χ1) is 7.66. The number of halogens is 3. The van der Waals surface area contributed by atoms with Crippen LogP contribution in [0.4, 0.5) is 11.4 Å². The lowest BCUT2D eigenvalue weighted by atomic mass is 10.3. The second-order valence-electron chi connectivity index (χ2n) is 3.24. The van der Waals surface area contributed by atoms with Crippen LogP contribution in [0.5, 0.6) is 0 Å². The molecule has 2 aromatic carbocycles. The lowest BCUT2D eigenvalue weighted by Gasteiger charge is -2.09. The number of nitrogens with one attached hydrogen (secondary N) is 1. The van der Waals surface area contributed by atoms with Gasteiger partial charge >= 0.3 is 0 Å². The van der Waals surface area contributed by atoms with Crippen molar-refractivity contribution in [3.05, 3.63) is 55.9 Å². The third-order valence-electron chi connectivity index (χ3n) is 2.06. The molecule has 82 valence electrons. The molecule has 0 fully saturated rings. The molecule has 0 amide bonds. The van der Waals surface area contributed by atoms with E-state index < -0.39 is 0 Å². The van der Waals surface area contributed by atoms with E-state index in [0.29, 0.717) is 0 Å². The Balaban J connectivity index is 2.31. The Morgan fingerprint density at radius 2 is 1.62 bits per heavy atom. The maximum Gasteiger partial charge on any atom is 0.0552 e. The molecule has 0 radical (unpaired) electrons. The highest BCUT2D eigenvalue weighted by molar-refractivity contribution is 9.13. The van der Waals surface area contributed by atoms with E-state index in [1.165, 1.54) is 0 Å². The fraction of sp³-hybridized carbons (Fsp3) is 0. The molecule has 0 atom stereocenters. The van der Waals surface area contributed by atoms with E-state index in [1.807, 2.05) is 42.5 Å². The number of hydrogen-bond donors (Lipinski definition) is 1. The van der Waals surface area contributed by atoms with Crippen molar-refractivity contribution in [2.24, 2.45) is 0 Å². The highest BCUT2D eigenvalue weighted by Gasteiger charge is 2.03. The van der Waals surface area contributed by atoms with Crippen LogP contribution in [-0.2, 0) is 0 Å². The maximum atomic E-state index is 3.54. The van der Waals surface area contributed by atoms with Crippen LogP contribution in [0.25, 0.3) is 0 Å². The summed E-state index contributed by atoms with van der Waals surface area (Å²) in [5.41, 5.74) is 2.08. The van der Waals surface area contributed by atoms with Gasteiger partial charge in [-0.25, -0.2) is 0 Å². The normalized spacial score (nSPS) is 10.2. The first-order valence-electron chi connectivity index (χ1n) is 4.63. The van der Waals surface area contributed by atoms with Crippen LogP contribution in [0.3, 0.4) is 0 Å². The van der Waals surface area contributed by atoms with Gasteiger partial charge in [0.2, 0.25) is 0 Å². The summed E-state index contributed by atoms with van der Waals surface area (Å²) in [6.45, 7) is 0. The van der Waals surface area contributed by atoms with Gasteiger partial charge in [-0.15, -0.1) is 0 Å². The molecular weight excluding hydrogens is 398 g/mol. The van der Waals surface area contributed by atoms with E-state index in [9.17, 15) is 0 Å². The molecule has 0 heterocycles. The predicted octanol–water partition coefficient (Wildman–Crippen LogP) is 5.72. The first-order valence-corrected chi connectivity index (χ1v) is 7.01. The molecule has 2 aromatic rings. The highest BCUT2D eigenvalue weighted by atomic mass is 79.9. The summed E-state index contributed by atoms with van der Waals surface area (Å²) in [5.74, 6) is 0. The van der Waals surface area contributed by atoms with Crippen molar-refractivity contribution in [2.75, 3.05) is 5.32 Å². The lowest BCUT2D eigenvalue weighted by molar-refractivity contribution is 1.49. The fourth-order valence-electron chi connectivity index (χ4n) is 1.32. The van der Waals surface area contributed by atoms with Gasteiger partial charge in [-0.05, 0) is 62.2 Å². The summed E-state index contributed by atoms with van der Waals surface area (Å²) >= 11 is 10.5. The lowest BCUT2D eigenvalue weighted by Crippen LogP contribution is -1.91. The standard InChI is InChI=1S/C12H8Br3N/c13-8-3-1-4-9(7-8)16-11-6-2-5-10(14)12(11)15/h1-7,16H. The van der Waals surface area contributed by atoms with E-state index in [-0.39, 0.29) is 0 Å². The molecule has 0 unspecified atom stereocenters. The van der Waals surface area contributed by atoms with Crippen molar-refractivity contribution in [1.29, 1.82) is 0 Å². The maximum absolute atomic E-state index is 3.54. The number of benzene rings is 2. The van der Waals surface area contributed by atoms with Crippen molar-refractivity contribution in [3.63, 3.8) is 0 Å². The minimum absolute atomic E-state index is 1.02. The highest BCUT2D eigenvalue weighted by Crippen LogP contribution is 2.32. The second-order valence-corrected chi connectivity index (χ2v) is 5.80. The molecule has 0 saturated heterocycles. The van der Waals surface area contributed by atoms with Crippen molar-refractivity contribution >= 4 is 59.2 Å².